The van der Waals surface area contributed by atoms with Gasteiger partial charge in [-0.25, -0.2) is 8.42 Å². The van der Waals surface area contributed by atoms with Crippen LogP contribution in [0.3, 0.4) is 0 Å². The molecule has 0 atom stereocenters. The monoisotopic (exact) mass is 398 g/mol. The number of pyridine rings is 1. The van der Waals surface area contributed by atoms with Crippen molar-refractivity contribution < 1.29 is 13.2 Å². The van der Waals surface area contributed by atoms with Gasteiger partial charge in [0.2, 0.25) is 0 Å². The molecule has 0 radical (unpaired) electrons. The smallest absolute Gasteiger partial charge is 0.255 e. The van der Waals surface area contributed by atoms with Crippen LogP contribution < -0.4 is 5.32 Å². The number of anilines is 1. The SMILES string of the molecule is CS(=O)(=O)c1ccc(C(=O)Nc2ccc(SCc3cccnc3)cc2)cc1. The molecule has 1 aromatic heterocycles. The maximum Gasteiger partial charge on any atom is 0.255 e. The zero-order chi connectivity index (χ0) is 19.3. The van der Waals surface area contributed by atoms with Gasteiger partial charge in [-0.2, -0.15) is 0 Å². The molecule has 2 aromatic carbocycles. The van der Waals surface area contributed by atoms with Gasteiger partial charge in [0.25, 0.3) is 5.91 Å². The predicted octanol–water partition coefficient (Wildman–Crippen LogP) is 4.03. The van der Waals surface area contributed by atoms with Crippen LogP contribution >= 0.6 is 11.8 Å². The zero-order valence-electron chi connectivity index (χ0n) is 14.6. The molecule has 27 heavy (non-hydrogen) atoms. The van der Waals surface area contributed by atoms with Crippen LogP contribution in [0.5, 0.6) is 0 Å². The van der Waals surface area contributed by atoms with Crippen molar-refractivity contribution in [2.75, 3.05) is 11.6 Å². The Morgan fingerprint density at radius 1 is 1.04 bits per heavy atom. The number of carbonyl (C=O) groups is 1. The van der Waals surface area contributed by atoms with Crippen LogP contribution in [-0.2, 0) is 15.6 Å². The second-order valence-electron chi connectivity index (χ2n) is 5.92. The number of sulfone groups is 1. The van der Waals surface area contributed by atoms with E-state index in [-0.39, 0.29) is 10.8 Å². The molecule has 0 aliphatic rings. The third-order valence-electron chi connectivity index (χ3n) is 3.79. The van der Waals surface area contributed by atoms with Gasteiger partial charge in [-0.05, 0) is 60.2 Å². The minimum Gasteiger partial charge on any atom is -0.322 e. The highest BCUT2D eigenvalue weighted by Crippen LogP contribution is 2.24. The average molecular weight is 399 g/mol. The first-order valence-corrected chi connectivity index (χ1v) is 11.0. The Balaban J connectivity index is 1.60. The molecule has 0 fully saturated rings. The fraction of sp³-hybridized carbons (Fsp3) is 0.100. The van der Waals surface area contributed by atoms with E-state index >= 15 is 0 Å². The van der Waals surface area contributed by atoms with E-state index in [2.05, 4.69) is 10.3 Å². The number of hydrogen-bond donors (Lipinski definition) is 1. The summed E-state index contributed by atoms with van der Waals surface area (Å²) < 4.78 is 22.9. The summed E-state index contributed by atoms with van der Waals surface area (Å²) in [6, 6.07) is 17.4. The molecule has 0 saturated heterocycles. The normalized spacial score (nSPS) is 11.1. The Morgan fingerprint density at radius 3 is 2.33 bits per heavy atom. The summed E-state index contributed by atoms with van der Waals surface area (Å²) in [7, 11) is -3.27. The zero-order valence-corrected chi connectivity index (χ0v) is 16.3. The molecule has 5 nitrogen and oxygen atoms in total. The van der Waals surface area contributed by atoms with Crippen molar-refractivity contribution >= 4 is 33.2 Å². The van der Waals surface area contributed by atoms with Gasteiger partial charge in [-0.3, -0.25) is 9.78 Å². The van der Waals surface area contributed by atoms with Gasteiger partial charge in [0.05, 0.1) is 4.90 Å². The third kappa shape index (κ3) is 5.42. The van der Waals surface area contributed by atoms with E-state index < -0.39 is 9.84 Å². The highest BCUT2D eigenvalue weighted by molar-refractivity contribution is 7.98. The van der Waals surface area contributed by atoms with Crippen LogP contribution in [0.15, 0.2) is 82.8 Å². The summed E-state index contributed by atoms with van der Waals surface area (Å²) in [5, 5.41) is 2.81. The number of nitrogens with zero attached hydrogens (tertiary/aromatic N) is 1. The maximum atomic E-state index is 12.3. The lowest BCUT2D eigenvalue weighted by Gasteiger charge is -2.07. The highest BCUT2D eigenvalue weighted by atomic mass is 32.2. The molecule has 0 spiro atoms. The summed E-state index contributed by atoms with van der Waals surface area (Å²) >= 11 is 1.69. The Kier molecular flexibility index (Phi) is 5.93. The largest absolute Gasteiger partial charge is 0.322 e. The van der Waals surface area contributed by atoms with Gasteiger partial charge in [-0.1, -0.05) is 6.07 Å². The van der Waals surface area contributed by atoms with Gasteiger partial charge in [0.15, 0.2) is 9.84 Å². The van der Waals surface area contributed by atoms with Crippen molar-refractivity contribution in [3.63, 3.8) is 0 Å². The summed E-state index contributed by atoms with van der Waals surface area (Å²) in [6.07, 6.45) is 4.73. The number of carbonyl (C=O) groups excluding carboxylic acids is 1. The van der Waals surface area contributed by atoms with Crippen molar-refractivity contribution in [1.29, 1.82) is 0 Å². The summed E-state index contributed by atoms with van der Waals surface area (Å²) in [5.74, 6) is 0.539. The number of rotatable bonds is 6. The Morgan fingerprint density at radius 2 is 1.74 bits per heavy atom. The minimum absolute atomic E-state index is 0.189. The second kappa shape index (κ2) is 8.37. The van der Waals surface area contributed by atoms with E-state index in [1.165, 1.54) is 24.3 Å². The van der Waals surface area contributed by atoms with E-state index in [1.807, 2.05) is 42.6 Å². The van der Waals surface area contributed by atoms with Gasteiger partial charge in [0.1, 0.15) is 0 Å². The Hall–Kier alpha value is -2.64. The summed E-state index contributed by atoms with van der Waals surface area (Å²) in [4.78, 5) is 17.7. The van der Waals surface area contributed by atoms with Crippen LogP contribution in [-0.4, -0.2) is 25.6 Å². The van der Waals surface area contributed by atoms with Crippen molar-refractivity contribution in [3.8, 4) is 0 Å². The quantitative estimate of drug-likeness (QED) is 0.635. The van der Waals surface area contributed by atoms with Crippen LogP contribution in [0.2, 0.25) is 0 Å². The van der Waals surface area contributed by atoms with E-state index in [9.17, 15) is 13.2 Å². The predicted molar refractivity (Wildman–Crippen MR) is 108 cm³/mol. The molecule has 1 amide bonds. The average Bonchev–Trinajstić information content (AvgIpc) is 2.68. The van der Waals surface area contributed by atoms with Crippen molar-refractivity contribution in [2.24, 2.45) is 0 Å². The van der Waals surface area contributed by atoms with E-state index in [1.54, 1.807) is 18.0 Å². The number of nitrogens with one attached hydrogen (secondary N) is 1. The lowest BCUT2D eigenvalue weighted by Crippen LogP contribution is -2.12. The first-order chi connectivity index (χ1) is 12.9. The van der Waals surface area contributed by atoms with E-state index in [0.29, 0.717) is 11.3 Å². The first-order valence-electron chi connectivity index (χ1n) is 8.15. The molecule has 138 valence electrons. The molecule has 0 unspecified atom stereocenters. The fourth-order valence-electron chi connectivity index (χ4n) is 2.34. The molecule has 1 N–H and O–H groups in total. The summed E-state index contributed by atoms with van der Waals surface area (Å²) in [6.45, 7) is 0. The molecular formula is C20H18N2O3S2. The van der Waals surface area contributed by atoms with E-state index in [0.717, 1.165) is 22.5 Å². The van der Waals surface area contributed by atoms with Crippen molar-refractivity contribution in [3.05, 3.63) is 84.2 Å². The van der Waals surface area contributed by atoms with Crippen molar-refractivity contribution in [2.45, 2.75) is 15.5 Å². The molecule has 3 aromatic rings. The number of benzene rings is 2. The molecule has 0 aliphatic heterocycles. The van der Waals surface area contributed by atoms with Gasteiger partial charge in [-0.15, -0.1) is 11.8 Å². The van der Waals surface area contributed by atoms with Crippen LogP contribution in [0, 0.1) is 0 Å². The molecule has 1 heterocycles. The molecule has 0 saturated carbocycles. The molecule has 0 bridgehead atoms. The van der Waals surface area contributed by atoms with E-state index in [4.69, 9.17) is 0 Å². The number of hydrogen-bond acceptors (Lipinski definition) is 5. The molecule has 7 heteroatoms. The maximum absolute atomic E-state index is 12.3. The Labute approximate surface area is 162 Å². The minimum atomic E-state index is -3.27. The highest BCUT2D eigenvalue weighted by Gasteiger charge is 2.10. The molecular weight excluding hydrogens is 380 g/mol. The topological polar surface area (TPSA) is 76.1 Å². The number of thioether (sulfide) groups is 1. The summed E-state index contributed by atoms with van der Waals surface area (Å²) in [5.41, 5.74) is 2.23. The van der Waals surface area contributed by atoms with Crippen LogP contribution in [0.25, 0.3) is 0 Å². The third-order valence-corrected chi connectivity index (χ3v) is 6.00. The van der Waals surface area contributed by atoms with Crippen molar-refractivity contribution in [1.82, 2.24) is 4.98 Å². The Bertz CT molecular complexity index is 1020. The molecule has 3 rings (SSSR count). The van der Waals surface area contributed by atoms with Gasteiger partial charge >= 0.3 is 0 Å². The van der Waals surface area contributed by atoms with Crippen LogP contribution in [0.4, 0.5) is 5.69 Å². The second-order valence-corrected chi connectivity index (χ2v) is 8.99. The number of amides is 1. The number of aromatic nitrogens is 1. The fourth-order valence-corrected chi connectivity index (χ4v) is 3.80. The molecule has 0 aliphatic carbocycles. The van der Waals surface area contributed by atoms with Gasteiger partial charge < -0.3 is 5.32 Å². The first kappa shape index (κ1) is 19.1. The standard InChI is InChI=1S/C20H18N2O3S2/c1-27(24,25)19-10-4-16(5-11-19)20(23)22-17-6-8-18(9-7-17)26-14-15-3-2-12-21-13-15/h2-13H,14H2,1H3,(H,22,23). The van der Waals surface area contributed by atoms with Gasteiger partial charge in [0, 0.05) is 40.5 Å². The van der Waals surface area contributed by atoms with Crippen LogP contribution in [0.1, 0.15) is 15.9 Å². The lowest BCUT2D eigenvalue weighted by atomic mass is 10.2. The lowest BCUT2D eigenvalue weighted by molar-refractivity contribution is 0.102.